The van der Waals surface area contributed by atoms with Gasteiger partial charge in [-0.15, -0.1) is 0 Å². The SMILES string of the molecule is O=C(C=Cc1ccccc1Cl)NC1CCc2ccc(C(=O)N3CCC4(CC3)CCN(c3ccncc3)CC4)cc21. The number of aryl methyl sites for hydroxylation is 1. The topological polar surface area (TPSA) is 65.5 Å². The maximum atomic E-state index is 13.5. The van der Waals surface area contributed by atoms with Crippen molar-refractivity contribution in [2.24, 2.45) is 5.41 Å². The van der Waals surface area contributed by atoms with Gasteiger partial charge in [-0.25, -0.2) is 0 Å². The van der Waals surface area contributed by atoms with E-state index in [4.69, 9.17) is 11.6 Å². The monoisotopic (exact) mass is 554 g/mol. The molecular weight excluding hydrogens is 520 g/mol. The van der Waals surface area contributed by atoms with Gasteiger partial charge in [0.15, 0.2) is 0 Å². The number of likely N-dealkylation sites (tertiary alicyclic amines) is 1. The van der Waals surface area contributed by atoms with Crippen molar-refractivity contribution in [3.8, 4) is 0 Å². The predicted molar refractivity (Wildman–Crippen MR) is 159 cm³/mol. The maximum Gasteiger partial charge on any atom is 0.253 e. The lowest BCUT2D eigenvalue weighted by Crippen LogP contribution is -2.48. The second kappa shape index (κ2) is 11.5. The highest BCUT2D eigenvalue weighted by Crippen LogP contribution is 2.42. The van der Waals surface area contributed by atoms with Gasteiger partial charge in [-0.1, -0.05) is 35.9 Å². The number of nitrogens with zero attached hydrogens (tertiary/aromatic N) is 3. The average Bonchev–Trinajstić information content (AvgIpc) is 3.39. The minimum absolute atomic E-state index is 0.0960. The van der Waals surface area contributed by atoms with Crippen LogP contribution in [-0.2, 0) is 11.2 Å². The van der Waals surface area contributed by atoms with Gasteiger partial charge in [-0.3, -0.25) is 14.6 Å². The summed E-state index contributed by atoms with van der Waals surface area (Å²) < 4.78 is 0. The van der Waals surface area contributed by atoms with E-state index in [1.54, 1.807) is 12.1 Å². The number of anilines is 1. The molecule has 6 rings (SSSR count). The summed E-state index contributed by atoms with van der Waals surface area (Å²) >= 11 is 6.20. The lowest BCUT2D eigenvalue weighted by Gasteiger charge is -2.47. The van der Waals surface area contributed by atoms with Gasteiger partial charge >= 0.3 is 0 Å². The molecular formula is C33H35ClN4O2. The molecule has 6 nitrogen and oxygen atoms in total. The number of hydrogen-bond donors (Lipinski definition) is 1. The Morgan fingerprint density at radius 3 is 2.42 bits per heavy atom. The molecule has 7 heteroatoms. The standard InChI is InChI=1S/C33H35ClN4O2/c34-29-4-2-1-3-25(29)8-10-31(39)36-30-9-7-24-5-6-26(23-28(24)30)32(40)38-21-15-33(16-22-38)13-19-37(20-14-33)27-11-17-35-18-12-27/h1-6,8,10-12,17-18,23,30H,7,9,13-16,19-22H2,(H,36,39). The quantitative estimate of drug-likeness (QED) is 0.388. The molecule has 3 aliphatic rings. The zero-order chi connectivity index (χ0) is 27.5. The van der Waals surface area contributed by atoms with Crippen LogP contribution < -0.4 is 10.2 Å². The lowest BCUT2D eigenvalue weighted by molar-refractivity contribution is -0.117. The van der Waals surface area contributed by atoms with Crippen molar-refractivity contribution < 1.29 is 9.59 Å². The van der Waals surface area contributed by atoms with E-state index in [9.17, 15) is 9.59 Å². The van der Waals surface area contributed by atoms with Crippen molar-refractivity contribution in [3.05, 3.63) is 100 Å². The highest BCUT2D eigenvalue weighted by atomic mass is 35.5. The molecule has 1 N–H and O–H groups in total. The molecule has 2 saturated heterocycles. The number of hydrogen-bond acceptors (Lipinski definition) is 4. The zero-order valence-electron chi connectivity index (χ0n) is 22.7. The largest absolute Gasteiger partial charge is 0.371 e. The van der Waals surface area contributed by atoms with Crippen LogP contribution in [0.2, 0.25) is 5.02 Å². The fourth-order valence-corrected chi connectivity index (χ4v) is 6.74. The van der Waals surface area contributed by atoms with E-state index >= 15 is 0 Å². The van der Waals surface area contributed by atoms with Gasteiger partial charge in [0, 0.05) is 60.9 Å². The molecule has 2 amide bonds. The first-order valence-electron chi connectivity index (χ1n) is 14.3. The minimum atomic E-state index is -0.161. The second-order valence-electron chi connectivity index (χ2n) is 11.4. The van der Waals surface area contributed by atoms with Crippen molar-refractivity contribution >= 4 is 35.2 Å². The van der Waals surface area contributed by atoms with Crippen molar-refractivity contribution in [1.82, 2.24) is 15.2 Å². The molecule has 3 aromatic rings. The number of piperidine rings is 2. The number of rotatable bonds is 5. The molecule has 0 saturated carbocycles. The third-order valence-electron chi connectivity index (χ3n) is 9.07. The smallest absolute Gasteiger partial charge is 0.253 e. The third kappa shape index (κ3) is 5.64. The molecule has 3 heterocycles. The summed E-state index contributed by atoms with van der Waals surface area (Å²) in [6.45, 7) is 3.73. The van der Waals surface area contributed by atoms with Crippen LogP contribution in [0, 0.1) is 5.41 Å². The second-order valence-corrected chi connectivity index (χ2v) is 11.8. The number of carbonyl (C=O) groups excluding carboxylic acids is 2. The summed E-state index contributed by atoms with van der Waals surface area (Å²) in [5, 5.41) is 3.73. The van der Waals surface area contributed by atoms with Crippen molar-refractivity contribution in [1.29, 1.82) is 0 Å². The lowest BCUT2D eigenvalue weighted by atomic mass is 9.71. The number of fused-ring (bicyclic) bond motifs is 1. The van der Waals surface area contributed by atoms with Gasteiger partial charge in [0.25, 0.3) is 5.91 Å². The number of carbonyl (C=O) groups is 2. The van der Waals surface area contributed by atoms with Crippen LogP contribution in [0.1, 0.15) is 65.2 Å². The Bertz CT molecular complexity index is 1400. The molecule has 2 aromatic carbocycles. The first-order chi connectivity index (χ1) is 19.5. The molecule has 0 bridgehead atoms. The summed E-state index contributed by atoms with van der Waals surface area (Å²) in [7, 11) is 0. The fraction of sp³-hybridized carbons (Fsp3) is 0.364. The fourth-order valence-electron chi connectivity index (χ4n) is 6.54. The van der Waals surface area contributed by atoms with Gasteiger partial charge < -0.3 is 15.1 Å². The molecule has 40 heavy (non-hydrogen) atoms. The number of amides is 2. The molecule has 2 aliphatic heterocycles. The number of nitrogens with one attached hydrogen (secondary N) is 1. The number of aromatic nitrogens is 1. The van der Waals surface area contributed by atoms with Gasteiger partial charge in [-0.2, -0.15) is 0 Å². The summed E-state index contributed by atoms with van der Waals surface area (Å²) in [4.78, 5) is 34.8. The molecule has 1 unspecified atom stereocenters. The van der Waals surface area contributed by atoms with E-state index in [1.807, 2.05) is 47.6 Å². The van der Waals surface area contributed by atoms with Crippen LogP contribution in [0.4, 0.5) is 5.69 Å². The molecule has 0 radical (unpaired) electrons. The van der Waals surface area contributed by atoms with E-state index in [1.165, 1.54) is 30.2 Å². The Morgan fingerprint density at radius 2 is 1.68 bits per heavy atom. The van der Waals surface area contributed by atoms with E-state index in [0.29, 0.717) is 10.4 Å². The Hall–Kier alpha value is -3.64. The van der Waals surface area contributed by atoms with Crippen molar-refractivity contribution in [3.63, 3.8) is 0 Å². The van der Waals surface area contributed by atoms with E-state index in [-0.39, 0.29) is 17.9 Å². The number of benzene rings is 2. The van der Waals surface area contributed by atoms with E-state index in [0.717, 1.165) is 68.6 Å². The van der Waals surface area contributed by atoms with Crippen LogP contribution >= 0.6 is 11.6 Å². The van der Waals surface area contributed by atoms with Crippen LogP contribution in [-0.4, -0.2) is 47.9 Å². The van der Waals surface area contributed by atoms with Crippen LogP contribution in [0.25, 0.3) is 6.08 Å². The van der Waals surface area contributed by atoms with Gasteiger partial charge in [0.1, 0.15) is 0 Å². The summed E-state index contributed by atoms with van der Waals surface area (Å²) in [5.41, 5.74) is 5.38. The molecule has 1 atom stereocenters. The van der Waals surface area contributed by atoms with Gasteiger partial charge in [-0.05, 0) is 97.0 Å². The van der Waals surface area contributed by atoms with Crippen LogP contribution in [0.15, 0.2) is 73.1 Å². The zero-order valence-corrected chi connectivity index (χ0v) is 23.4. The van der Waals surface area contributed by atoms with Crippen molar-refractivity contribution in [2.75, 3.05) is 31.1 Å². The number of pyridine rings is 1. The molecule has 1 aromatic heterocycles. The first-order valence-corrected chi connectivity index (χ1v) is 14.7. The molecule has 2 fully saturated rings. The average molecular weight is 555 g/mol. The normalized spacial score (nSPS) is 20.1. The third-order valence-corrected chi connectivity index (χ3v) is 9.41. The molecule has 206 valence electrons. The van der Waals surface area contributed by atoms with Crippen LogP contribution in [0.3, 0.4) is 0 Å². The van der Waals surface area contributed by atoms with E-state index in [2.05, 4.69) is 33.4 Å². The molecule has 1 aliphatic carbocycles. The Balaban J connectivity index is 1.05. The first kappa shape index (κ1) is 26.6. The Morgan fingerprint density at radius 1 is 0.950 bits per heavy atom. The highest BCUT2D eigenvalue weighted by molar-refractivity contribution is 6.32. The highest BCUT2D eigenvalue weighted by Gasteiger charge is 2.39. The van der Waals surface area contributed by atoms with Crippen LogP contribution in [0.5, 0.6) is 0 Å². The molecule has 1 spiro atoms. The summed E-state index contributed by atoms with van der Waals surface area (Å²) in [5.74, 6) is -0.0618. The maximum absolute atomic E-state index is 13.5. The number of halogens is 1. The Kier molecular flexibility index (Phi) is 7.61. The van der Waals surface area contributed by atoms with Crippen molar-refractivity contribution in [2.45, 2.75) is 44.6 Å². The predicted octanol–water partition coefficient (Wildman–Crippen LogP) is 6.07. The Labute approximate surface area is 241 Å². The summed E-state index contributed by atoms with van der Waals surface area (Å²) in [6, 6.07) is 17.5. The van der Waals surface area contributed by atoms with Gasteiger partial charge in [0.05, 0.1) is 6.04 Å². The van der Waals surface area contributed by atoms with E-state index < -0.39 is 0 Å². The summed E-state index contributed by atoms with van der Waals surface area (Å²) in [6.07, 6.45) is 13.2. The minimum Gasteiger partial charge on any atom is -0.371 e. The van der Waals surface area contributed by atoms with Gasteiger partial charge in [0.2, 0.25) is 5.91 Å².